The van der Waals surface area contributed by atoms with Gasteiger partial charge in [0.1, 0.15) is 6.04 Å². The number of nitrogens with one attached hydrogen (secondary N) is 1. The number of hydrogen-bond acceptors (Lipinski definition) is 3. The van der Waals surface area contributed by atoms with Crippen LogP contribution in [-0.2, 0) is 4.79 Å². The Bertz CT molecular complexity index is 186. The molecule has 2 N–H and O–H groups in total. The highest BCUT2D eigenvalue weighted by molar-refractivity contribution is 8.00. The average molecular weight is 189 g/mol. The minimum absolute atomic E-state index is 0.0161. The van der Waals surface area contributed by atoms with Crippen molar-refractivity contribution < 1.29 is 9.90 Å². The molecule has 0 aromatic heterocycles. The zero-order valence-corrected chi connectivity index (χ0v) is 8.28. The topological polar surface area (TPSA) is 49.3 Å². The molecule has 70 valence electrons. The van der Waals surface area contributed by atoms with E-state index in [4.69, 9.17) is 5.11 Å². The van der Waals surface area contributed by atoms with Gasteiger partial charge in [0, 0.05) is 5.75 Å². The van der Waals surface area contributed by atoms with Crippen LogP contribution in [0, 0.1) is 0 Å². The summed E-state index contributed by atoms with van der Waals surface area (Å²) in [5.74, 6) is -0.0476. The van der Waals surface area contributed by atoms with E-state index < -0.39 is 5.97 Å². The minimum Gasteiger partial charge on any atom is -0.480 e. The third-order valence-corrected chi connectivity index (χ3v) is 3.53. The Morgan fingerprint density at radius 1 is 1.83 bits per heavy atom. The Kier molecular flexibility index (Phi) is 3.01. The SMILES string of the molecule is CCCC1(C)N[C@H](C(=O)O)CS1. The maximum atomic E-state index is 10.6. The molecule has 1 saturated heterocycles. The lowest BCUT2D eigenvalue weighted by molar-refractivity contribution is -0.138. The van der Waals surface area contributed by atoms with Crippen LogP contribution >= 0.6 is 11.8 Å². The summed E-state index contributed by atoms with van der Waals surface area (Å²) in [5, 5.41) is 11.9. The first-order chi connectivity index (χ1) is 5.57. The molecule has 1 heterocycles. The molecule has 0 aromatic rings. The van der Waals surface area contributed by atoms with E-state index in [-0.39, 0.29) is 10.9 Å². The number of carboxylic acids is 1. The van der Waals surface area contributed by atoms with Crippen molar-refractivity contribution in [1.29, 1.82) is 0 Å². The van der Waals surface area contributed by atoms with Crippen molar-refractivity contribution in [2.45, 2.75) is 37.6 Å². The summed E-state index contributed by atoms with van der Waals surface area (Å²) in [7, 11) is 0. The van der Waals surface area contributed by atoms with Crippen LogP contribution in [0.5, 0.6) is 0 Å². The van der Waals surface area contributed by atoms with E-state index in [0.717, 1.165) is 12.8 Å². The van der Waals surface area contributed by atoms with E-state index >= 15 is 0 Å². The summed E-state index contributed by atoms with van der Waals surface area (Å²) in [6, 6.07) is -0.355. The lowest BCUT2D eigenvalue weighted by Gasteiger charge is -2.23. The van der Waals surface area contributed by atoms with E-state index in [1.165, 1.54) is 0 Å². The average Bonchev–Trinajstić information content (AvgIpc) is 2.33. The Labute approximate surface area is 76.9 Å². The third kappa shape index (κ3) is 2.14. The molecule has 0 radical (unpaired) electrons. The fraction of sp³-hybridized carbons (Fsp3) is 0.875. The summed E-state index contributed by atoms with van der Waals surface area (Å²) in [5.41, 5.74) is 0. The van der Waals surface area contributed by atoms with Crippen LogP contribution in [0.1, 0.15) is 26.7 Å². The van der Waals surface area contributed by atoms with Crippen LogP contribution in [0.2, 0.25) is 0 Å². The summed E-state index contributed by atoms with van der Waals surface area (Å²) in [6.07, 6.45) is 2.12. The van der Waals surface area contributed by atoms with Gasteiger partial charge in [0.15, 0.2) is 0 Å². The van der Waals surface area contributed by atoms with Crippen molar-refractivity contribution in [2.75, 3.05) is 5.75 Å². The highest BCUT2D eigenvalue weighted by Crippen LogP contribution is 2.33. The molecular formula is C8H15NO2S. The number of rotatable bonds is 3. The van der Waals surface area contributed by atoms with Crippen molar-refractivity contribution in [2.24, 2.45) is 0 Å². The van der Waals surface area contributed by atoms with Crippen molar-refractivity contribution in [3.05, 3.63) is 0 Å². The number of carbonyl (C=O) groups is 1. The molecule has 0 aliphatic carbocycles. The summed E-state index contributed by atoms with van der Waals surface area (Å²) in [4.78, 5) is 10.6. The molecule has 2 atom stereocenters. The minimum atomic E-state index is -0.734. The van der Waals surface area contributed by atoms with E-state index in [1.807, 2.05) is 0 Å². The number of carboxylic acid groups (broad SMARTS) is 1. The second-order valence-electron chi connectivity index (χ2n) is 3.33. The molecule has 0 spiro atoms. The Morgan fingerprint density at radius 2 is 2.50 bits per heavy atom. The fourth-order valence-corrected chi connectivity index (χ4v) is 2.81. The maximum Gasteiger partial charge on any atom is 0.321 e. The summed E-state index contributed by atoms with van der Waals surface area (Å²) >= 11 is 1.71. The van der Waals surface area contributed by atoms with Crippen molar-refractivity contribution >= 4 is 17.7 Å². The number of hydrogen-bond donors (Lipinski definition) is 2. The van der Waals surface area contributed by atoms with Crippen LogP contribution in [-0.4, -0.2) is 27.7 Å². The molecule has 1 aliphatic rings. The first kappa shape index (κ1) is 9.86. The van der Waals surface area contributed by atoms with Gasteiger partial charge in [-0.05, 0) is 13.3 Å². The normalized spacial score (nSPS) is 35.3. The second kappa shape index (κ2) is 3.66. The van der Waals surface area contributed by atoms with Crippen LogP contribution in [0.4, 0.5) is 0 Å². The van der Waals surface area contributed by atoms with E-state index in [0.29, 0.717) is 5.75 Å². The standard InChI is InChI=1S/C8H15NO2S/c1-3-4-8(2)9-6(5-12-8)7(10)11/h6,9H,3-5H2,1-2H3,(H,10,11)/t6-,8?/m0/s1. The molecular weight excluding hydrogens is 174 g/mol. The molecule has 3 nitrogen and oxygen atoms in total. The van der Waals surface area contributed by atoms with Gasteiger partial charge in [-0.15, -0.1) is 11.8 Å². The van der Waals surface area contributed by atoms with Crippen molar-refractivity contribution in [1.82, 2.24) is 5.32 Å². The Morgan fingerprint density at radius 3 is 2.92 bits per heavy atom. The lowest BCUT2D eigenvalue weighted by atomic mass is 10.1. The first-order valence-corrected chi connectivity index (χ1v) is 5.20. The molecule has 0 aromatic carbocycles. The zero-order chi connectivity index (χ0) is 9.19. The van der Waals surface area contributed by atoms with Gasteiger partial charge in [-0.2, -0.15) is 0 Å². The van der Waals surface area contributed by atoms with Gasteiger partial charge in [-0.1, -0.05) is 13.3 Å². The van der Waals surface area contributed by atoms with Crippen LogP contribution in [0.3, 0.4) is 0 Å². The predicted molar refractivity (Wildman–Crippen MR) is 50.3 cm³/mol. The van der Waals surface area contributed by atoms with Crippen molar-refractivity contribution in [3.8, 4) is 0 Å². The van der Waals surface area contributed by atoms with E-state index in [1.54, 1.807) is 11.8 Å². The molecule has 0 bridgehead atoms. The first-order valence-electron chi connectivity index (χ1n) is 4.22. The monoisotopic (exact) mass is 189 g/mol. The molecule has 1 rings (SSSR count). The van der Waals surface area contributed by atoms with Gasteiger partial charge in [-0.25, -0.2) is 0 Å². The van der Waals surface area contributed by atoms with Crippen molar-refractivity contribution in [3.63, 3.8) is 0 Å². The smallest absolute Gasteiger partial charge is 0.321 e. The van der Waals surface area contributed by atoms with Gasteiger partial charge in [0.05, 0.1) is 4.87 Å². The van der Waals surface area contributed by atoms with Gasteiger partial charge in [0.25, 0.3) is 0 Å². The van der Waals surface area contributed by atoms with E-state index in [9.17, 15) is 4.79 Å². The molecule has 0 amide bonds. The lowest BCUT2D eigenvalue weighted by Crippen LogP contribution is -2.43. The van der Waals surface area contributed by atoms with Crippen LogP contribution in [0.25, 0.3) is 0 Å². The predicted octanol–water partition coefficient (Wildman–Crippen LogP) is 1.29. The van der Waals surface area contributed by atoms with Gasteiger partial charge >= 0.3 is 5.97 Å². The third-order valence-electron chi connectivity index (χ3n) is 2.07. The Hall–Kier alpha value is -0.220. The number of thioether (sulfide) groups is 1. The highest BCUT2D eigenvalue weighted by Gasteiger charge is 2.37. The maximum absolute atomic E-state index is 10.6. The van der Waals surface area contributed by atoms with Gasteiger partial charge in [-0.3, -0.25) is 10.1 Å². The quantitative estimate of drug-likeness (QED) is 0.702. The molecule has 12 heavy (non-hydrogen) atoms. The van der Waals surface area contributed by atoms with E-state index in [2.05, 4.69) is 19.2 Å². The molecule has 1 fully saturated rings. The van der Waals surface area contributed by atoms with Crippen LogP contribution < -0.4 is 5.32 Å². The molecule has 1 aliphatic heterocycles. The summed E-state index contributed by atoms with van der Waals surface area (Å²) in [6.45, 7) is 4.19. The highest BCUT2D eigenvalue weighted by atomic mass is 32.2. The molecule has 0 saturated carbocycles. The fourth-order valence-electron chi connectivity index (χ4n) is 1.47. The largest absolute Gasteiger partial charge is 0.480 e. The zero-order valence-electron chi connectivity index (χ0n) is 7.46. The van der Waals surface area contributed by atoms with Gasteiger partial charge in [0.2, 0.25) is 0 Å². The molecule has 1 unspecified atom stereocenters. The number of aliphatic carboxylic acids is 1. The van der Waals surface area contributed by atoms with Gasteiger partial charge < -0.3 is 5.11 Å². The summed E-state index contributed by atoms with van der Waals surface area (Å²) < 4.78 is 0. The van der Waals surface area contributed by atoms with Crippen LogP contribution in [0.15, 0.2) is 0 Å². The second-order valence-corrected chi connectivity index (χ2v) is 4.85. The molecule has 4 heteroatoms. The Balaban J connectivity index is 2.48.